The van der Waals surface area contributed by atoms with Crippen molar-refractivity contribution in [3.05, 3.63) is 29.8 Å². The van der Waals surface area contributed by atoms with E-state index in [1.54, 1.807) is 4.90 Å². The lowest BCUT2D eigenvalue weighted by Gasteiger charge is -2.32. The van der Waals surface area contributed by atoms with Crippen LogP contribution in [-0.2, 0) is 30.9 Å². The lowest BCUT2D eigenvalue weighted by atomic mass is 10.1. The third-order valence-corrected chi connectivity index (χ3v) is 8.85. The van der Waals surface area contributed by atoms with E-state index in [1.165, 1.54) is 0 Å². The van der Waals surface area contributed by atoms with Crippen LogP contribution in [0.3, 0.4) is 0 Å². The molecule has 0 bridgehead atoms. The minimum Gasteiger partial charge on any atom is -0.325 e. The number of para-hydroxylation sites is 1. The molecule has 3 rings (SSSR count). The van der Waals surface area contributed by atoms with E-state index in [0.29, 0.717) is 12.8 Å². The van der Waals surface area contributed by atoms with Gasteiger partial charge in [-0.05, 0) is 30.9 Å². The number of hydrogen-bond acceptors (Lipinski definition) is 6. The summed E-state index contributed by atoms with van der Waals surface area (Å²) in [6.07, 6.45) is 1.66. The summed E-state index contributed by atoms with van der Waals surface area (Å²) in [4.78, 5) is 14.5. The quantitative estimate of drug-likeness (QED) is 0.741. The molecule has 2 aliphatic rings. The van der Waals surface area contributed by atoms with Crippen molar-refractivity contribution in [1.82, 2.24) is 4.90 Å². The molecule has 27 heavy (non-hydrogen) atoms. The molecular weight excluding hydrogens is 388 g/mol. The highest BCUT2D eigenvalue weighted by Crippen LogP contribution is 2.26. The number of aryl methyl sites for hydroxylation is 1. The van der Waals surface area contributed by atoms with Gasteiger partial charge in [0.15, 0.2) is 19.7 Å². The van der Waals surface area contributed by atoms with Crippen molar-refractivity contribution < 1.29 is 21.6 Å². The molecular formula is C18H26N2O5S2. The second kappa shape index (κ2) is 7.89. The zero-order valence-corrected chi connectivity index (χ0v) is 17.1. The number of benzene rings is 1. The molecule has 0 spiro atoms. The van der Waals surface area contributed by atoms with Crippen molar-refractivity contribution >= 4 is 31.3 Å². The Bertz CT molecular complexity index is 867. The molecule has 1 aromatic carbocycles. The summed E-state index contributed by atoms with van der Waals surface area (Å²) < 4.78 is 47.6. The molecule has 150 valence electrons. The van der Waals surface area contributed by atoms with E-state index < -0.39 is 19.7 Å². The van der Waals surface area contributed by atoms with Crippen LogP contribution in [0.1, 0.15) is 25.3 Å². The average Bonchev–Trinajstić information content (AvgIpc) is 3.14. The Kier molecular flexibility index (Phi) is 5.93. The number of carbonyl (C=O) groups is 1. The first-order valence-electron chi connectivity index (χ1n) is 9.23. The van der Waals surface area contributed by atoms with Crippen molar-refractivity contribution in [2.24, 2.45) is 0 Å². The van der Waals surface area contributed by atoms with Gasteiger partial charge in [0.2, 0.25) is 5.91 Å². The van der Waals surface area contributed by atoms with Crippen LogP contribution < -0.4 is 5.32 Å². The second-order valence-electron chi connectivity index (χ2n) is 7.34. The Hall–Kier alpha value is -1.45. The molecule has 0 radical (unpaired) electrons. The Balaban J connectivity index is 1.76. The zero-order valence-electron chi connectivity index (χ0n) is 15.4. The Morgan fingerprint density at radius 1 is 1.04 bits per heavy atom. The predicted octanol–water partition coefficient (Wildman–Crippen LogP) is 0.864. The van der Waals surface area contributed by atoms with Gasteiger partial charge < -0.3 is 5.32 Å². The van der Waals surface area contributed by atoms with Crippen molar-refractivity contribution in [2.45, 2.75) is 38.3 Å². The van der Waals surface area contributed by atoms with Gasteiger partial charge in [0.1, 0.15) is 0 Å². The number of rotatable bonds is 6. The smallest absolute Gasteiger partial charge is 0.238 e. The number of hydrogen-bond donors (Lipinski definition) is 1. The topological polar surface area (TPSA) is 101 Å². The minimum atomic E-state index is -3.13. The van der Waals surface area contributed by atoms with Crippen molar-refractivity contribution in [3.8, 4) is 0 Å². The third-order valence-electron chi connectivity index (χ3n) is 5.35. The first-order chi connectivity index (χ1) is 12.7. The number of amides is 1. The fraction of sp³-hybridized carbons (Fsp3) is 0.611. The van der Waals surface area contributed by atoms with E-state index in [1.807, 2.05) is 31.2 Å². The second-order valence-corrected chi connectivity index (χ2v) is 11.8. The van der Waals surface area contributed by atoms with Crippen LogP contribution in [0.2, 0.25) is 0 Å². The number of nitrogens with one attached hydrogen (secondary N) is 1. The van der Waals surface area contributed by atoms with E-state index in [9.17, 15) is 21.6 Å². The molecule has 0 saturated carbocycles. The van der Waals surface area contributed by atoms with Crippen LogP contribution >= 0.6 is 0 Å². The van der Waals surface area contributed by atoms with Crippen molar-refractivity contribution in [1.29, 1.82) is 0 Å². The van der Waals surface area contributed by atoms with Crippen LogP contribution in [0, 0.1) is 0 Å². The number of nitrogens with zero attached hydrogens (tertiary/aromatic N) is 1. The van der Waals surface area contributed by atoms with E-state index in [-0.39, 0.29) is 47.5 Å². The minimum absolute atomic E-state index is 0.00157. The van der Waals surface area contributed by atoms with Crippen LogP contribution in [0.5, 0.6) is 0 Å². The molecule has 2 fully saturated rings. The summed E-state index contributed by atoms with van der Waals surface area (Å²) in [5.74, 6) is -0.0865. The summed E-state index contributed by atoms with van der Waals surface area (Å²) in [6.45, 7) is 2.00. The van der Waals surface area contributed by atoms with Gasteiger partial charge in [-0.15, -0.1) is 0 Å². The largest absolute Gasteiger partial charge is 0.325 e. The van der Waals surface area contributed by atoms with E-state index >= 15 is 0 Å². The molecule has 2 unspecified atom stereocenters. The predicted molar refractivity (Wildman–Crippen MR) is 105 cm³/mol. The highest BCUT2D eigenvalue weighted by Gasteiger charge is 2.40. The molecule has 1 N–H and O–H groups in total. The first-order valence-corrected chi connectivity index (χ1v) is 12.9. The molecule has 7 nitrogen and oxygen atoms in total. The fourth-order valence-electron chi connectivity index (χ4n) is 3.94. The number of anilines is 1. The number of carbonyl (C=O) groups excluding carboxylic acids is 1. The monoisotopic (exact) mass is 414 g/mol. The van der Waals surface area contributed by atoms with Crippen molar-refractivity contribution in [2.75, 3.05) is 34.9 Å². The maximum absolute atomic E-state index is 12.7. The van der Waals surface area contributed by atoms with Crippen molar-refractivity contribution in [3.63, 3.8) is 0 Å². The molecule has 0 aliphatic carbocycles. The molecule has 2 atom stereocenters. The Labute approximate surface area is 161 Å². The van der Waals surface area contributed by atoms with Gasteiger partial charge in [-0.1, -0.05) is 25.1 Å². The van der Waals surface area contributed by atoms with Gasteiger partial charge in [-0.3, -0.25) is 9.69 Å². The van der Waals surface area contributed by atoms with Gasteiger partial charge in [-0.25, -0.2) is 16.8 Å². The average molecular weight is 415 g/mol. The maximum atomic E-state index is 12.7. The Morgan fingerprint density at radius 3 is 2.07 bits per heavy atom. The van der Waals surface area contributed by atoms with E-state index in [2.05, 4.69) is 5.32 Å². The normalized spacial score (nSPS) is 26.3. The fourth-order valence-corrected chi connectivity index (χ4v) is 7.42. The molecule has 1 amide bonds. The highest BCUT2D eigenvalue weighted by molar-refractivity contribution is 7.92. The lowest BCUT2D eigenvalue weighted by Crippen LogP contribution is -2.48. The maximum Gasteiger partial charge on any atom is 0.238 e. The van der Waals surface area contributed by atoms with E-state index in [4.69, 9.17) is 0 Å². The van der Waals surface area contributed by atoms with Crippen LogP contribution in [0.25, 0.3) is 0 Å². The standard InChI is InChI=1S/C18H26N2O5S2/c1-2-14-5-3-4-6-17(14)19-18(21)11-20(15-7-9-26(22,23)12-15)16-8-10-27(24,25)13-16/h3-6,15-16H,2,7-13H2,1H3,(H,19,21). The van der Waals surface area contributed by atoms with Crippen LogP contribution in [0.15, 0.2) is 24.3 Å². The van der Waals surface area contributed by atoms with E-state index in [0.717, 1.165) is 17.7 Å². The molecule has 9 heteroatoms. The molecule has 2 heterocycles. The zero-order chi connectivity index (χ0) is 19.7. The highest BCUT2D eigenvalue weighted by atomic mass is 32.2. The van der Waals surface area contributed by atoms with Gasteiger partial charge in [0.25, 0.3) is 0 Å². The summed E-state index contributed by atoms with van der Waals surface area (Å²) in [7, 11) is -6.25. The summed E-state index contributed by atoms with van der Waals surface area (Å²) >= 11 is 0. The molecule has 0 aromatic heterocycles. The van der Waals surface area contributed by atoms with Gasteiger partial charge in [0.05, 0.1) is 29.6 Å². The Morgan fingerprint density at radius 2 is 1.59 bits per heavy atom. The summed E-state index contributed by atoms with van der Waals surface area (Å²) in [5.41, 5.74) is 1.76. The van der Waals surface area contributed by atoms with Gasteiger partial charge in [0, 0.05) is 17.8 Å². The summed E-state index contributed by atoms with van der Waals surface area (Å²) in [5, 5.41) is 2.90. The number of sulfone groups is 2. The van der Waals surface area contributed by atoms with Crippen LogP contribution in [-0.4, -0.2) is 69.3 Å². The first kappa shape index (κ1) is 20.3. The SMILES string of the molecule is CCc1ccccc1NC(=O)CN(C1CCS(=O)(=O)C1)C1CCS(=O)(=O)C1. The molecule has 2 aliphatic heterocycles. The van der Waals surface area contributed by atoms with Gasteiger partial charge in [-0.2, -0.15) is 0 Å². The molecule has 1 aromatic rings. The molecule has 2 saturated heterocycles. The van der Waals surface area contributed by atoms with Crippen LogP contribution in [0.4, 0.5) is 5.69 Å². The summed E-state index contributed by atoms with van der Waals surface area (Å²) in [6, 6.07) is 6.93. The third kappa shape index (κ3) is 5.08. The lowest BCUT2D eigenvalue weighted by molar-refractivity contribution is -0.118. The van der Waals surface area contributed by atoms with Gasteiger partial charge >= 0.3 is 0 Å².